The molecule has 16 heteroatoms. The molecule has 0 spiro atoms. The standard InChI is InChI=1S/C43H64FN5O10/c1-12-32-43(8)35(49(40(54)59-43)19-14-13-18-48-23-30(46-24-48)29-16-15-17-45-22-29)27(4)33(50)25(2)21-41(6,55-11)37(28(5)36(52)42(7,44)39(53)57-32)58-38-34(51)31(47(9)10)20-26(3)56-38/h15-17,22-28,31-32,34-35,37-38,51H,12-14,18-21H2,1-11H3/t25-,26-,27+,28+,31+,32-,34-,35+,37-,38+,41-,42+,43-/m1/s1. The number of alkyl halides is 1. The first-order valence-electron chi connectivity index (χ1n) is 20.8. The summed E-state index contributed by atoms with van der Waals surface area (Å²) < 4.78 is 49.4. The first kappa shape index (κ1) is 46.2. The lowest BCUT2D eigenvalue weighted by Gasteiger charge is -2.47. The first-order valence-corrected chi connectivity index (χ1v) is 20.8. The minimum atomic E-state index is -3.18. The third-order valence-electron chi connectivity index (χ3n) is 12.8. The molecule has 0 aliphatic carbocycles. The maximum Gasteiger partial charge on any atom is 0.410 e. The summed E-state index contributed by atoms with van der Waals surface area (Å²) >= 11 is 0. The van der Waals surface area contributed by atoms with Gasteiger partial charge in [-0.15, -0.1) is 0 Å². The number of hydrogen-bond donors (Lipinski definition) is 1. The first-order chi connectivity index (χ1) is 27.7. The number of imidazole rings is 1. The number of aromatic nitrogens is 3. The largest absolute Gasteiger partial charge is 0.455 e. The molecule has 3 aliphatic heterocycles. The third-order valence-corrected chi connectivity index (χ3v) is 12.8. The Kier molecular flexibility index (Phi) is 14.4. The zero-order valence-electron chi connectivity index (χ0n) is 36.4. The van der Waals surface area contributed by atoms with Crippen LogP contribution in [0.4, 0.5) is 9.18 Å². The summed E-state index contributed by atoms with van der Waals surface area (Å²) in [5.41, 5.74) is -4.53. The van der Waals surface area contributed by atoms with Crippen molar-refractivity contribution in [2.24, 2.45) is 17.8 Å². The minimum absolute atomic E-state index is 0.000728. The number of aliphatic hydroxyl groups is 1. The summed E-state index contributed by atoms with van der Waals surface area (Å²) in [4.78, 5) is 68.7. The lowest BCUT2D eigenvalue weighted by Crippen LogP contribution is -2.61. The van der Waals surface area contributed by atoms with Crippen molar-refractivity contribution < 1.29 is 52.4 Å². The number of pyridine rings is 1. The molecule has 5 heterocycles. The van der Waals surface area contributed by atoms with Crippen LogP contribution in [0.2, 0.25) is 0 Å². The molecule has 59 heavy (non-hydrogen) atoms. The number of halogens is 1. The van der Waals surface area contributed by atoms with Crippen molar-refractivity contribution >= 4 is 23.6 Å². The Bertz CT molecular complexity index is 1790. The van der Waals surface area contributed by atoms with E-state index in [4.69, 9.17) is 23.7 Å². The van der Waals surface area contributed by atoms with Gasteiger partial charge in [-0.1, -0.05) is 27.7 Å². The van der Waals surface area contributed by atoms with E-state index < -0.39 is 83.1 Å². The van der Waals surface area contributed by atoms with Gasteiger partial charge in [0.15, 0.2) is 17.7 Å². The molecular formula is C43H64FN5O10. The number of methoxy groups -OCH3 is 1. The number of aliphatic hydroxyl groups excluding tert-OH is 1. The fraction of sp³-hybridized carbons (Fsp3) is 0.721. The summed E-state index contributed by atoms with van der Waals surface area (Å²) in [5.74, 6) is -5.78. The van der Waals surface area contributed by atoms with Crippen LogP contribution in [0.3, 0.4) is 0 Å². The summed E-state index contributed by atoms with van der Waals surface area (Å²) in [6, 6.07) is 2.49. The molecule has 3 fully saturated rings. The number of aryl methyl sites for hydroxylation is 1. The summed E-state index contributed by atoms with van der Waals surface area (Å²) in [7, 11) is 5.05. The molecule has 2 aromatic rings. The number of ether oxygens (including phenoxy) is 5. The topological polar surface area (TPSA) is 172 Å². The third kappa shape index (κ3) is 9.41. The van der Waals surface area contributed by atoms with E-state index in [0.717, 1.165) is 18.2 Å². The van der Waals surface area contributed by atoms with Gasteiger partial charge in [0.2, 0.25) is 0 Å². The van der Waals surface area contributed by atoms with Gasteiger partial charge in [-0.25, -0.2) is 19.0 Å². The van der Waals surface area contributed by atoms with Gasteiger partial charge in [0.1, 0.15) is 18.0 Å². The Labute approximate surface area is 347 Å². The second kappa shape index (κ2) is 18.4. The van der Waals surface area contributed by atoms with E-state index in [2.05, 4.69) is 9.97 Å². The number of esters is 1. The minimum Gasteiger partial charge on any atom is -0.455 e. The van der Waals surface area contributed by atoms with E-state index in [9.17, 15) is 24.3 Å². The highest BCUT2D eigenvalue weighted by molar-refractivity contribution is 6.08. The second-order valence-electron chi connectivity index (χ2n) is 17.5. The fourth-order valence-electron chi connectivity index (χ4n) is 9.43. The van der Waals surface area contributed by atoms with Crippen molar-refractivity contribution in [2.45, 2.75) is 154 Å². The predicted molar refractivity (Wildman–Crippen MR) is 215 cm³/mol. The molecule has 2 aromatic heterocycles. The van der Waals surface area contributed by atoms with Crippen molar-refractivity contribution in [3.63, 3.8) is 0 Å². The number of amides is 1. The van der Waals surface area contributed by atoms with Crippen molar-refractivity contribution in [3.05, 3.63) is 37.1 Å². The molecule has 15 nitrogen and oxygen atoms in total. The lowest BCUT2D eigenvalue weighted by molar-refractivity contribution is -0.295. The van der Waals surface area contributed by atoms with Gasteiger partial charge in [-0.2, -0.15) is 0 Å². The number of hydrogen-bond acceptors (Lipinski definition) is 13. The van der Waals surface area contributed by atoms with E-state index in [-0.39, 0.29) is 37.3 Å². The maximum atomic E-state index is 16.9. The SMILES string of the molecule is CC[C@H]1OC(=O)[C@@](C)(F)C(=O)[C@H](C)[C@@H](O[C@@H]2O[C@H](C)C[C@H](N(C)C)[C@H]2O)[C@](C)(OC)C[C@@H](C)C(=O)[C@H](C)[C@@H]2N(CCCCn3cnc(-c4cccnc4)c3)C(=O)O[C@@]21C. The molecule has 328 valence electrons. The van der Waals surface area contributed by atoms with Crippen molar-refractivity contribution in [3.8, 4) is 11.3 Å². The van der Waals surface area contributed by atoms with E-state index in [1.807, 2.05) is 48.8 Å². The van der Waals surface area contributed by atoms with Gasteiger partial charge in [-0.3, -0.25) is 14.6 Å². The second-order valence-corrected chi connectivity index (χ2v) is 17.5. The van der Waals surface area contributed by atoms with Crippen LogP contribution in [0.25, 0.3) is 11.3 Å². The van der Waals surface area contributed by atoms with Crippen LogP contribution in [-0.4, -0.2) is 140 Å². The molecule has 1 N–H and O–H groups in total. The molecule has 0 radical (unpaired) electrons. The molecule has 0 unspecified atom stereocenters. The smallest absolute Gasteiger partial charge is 0.410 e. The van der Waals surface area contributed by atoms with Crippen LogP contribution >= 0.6 is 0 Å². The summed E-state index contributed by atoms with van der Waals surface area (Å²) in [6.45, 7) is 13.4. The zero-order chi connectivity index (χ0) is 43.6. The maximum absolute atomic E-state index is 16.9. The van der Waals surface area contributed by atoms with Gasteiger partial charge in [-0.05, 0) is 86.0 Å². The molecule has 0 saturated carbocycles. The summed E-state index contributed by atoms with van der Waals surface area (Å²) in [6.07, 6.45) is 2.93. The van der Waals surface area contributed by atoms with E-state index in [1.54, 1.807) is 53.3 Å². The van der Waals surface area contributed by atoms with Crippen molar-refractivity contribution in [2.75, 3.05) is 27.7 Å². The van der Waals surface area contributed by atoms with E-state index in [0.29, 0.717) is 25.8 Å². The zero-order valence-corrected chi connectivity index (χ0v) is 36.4. The number of rotatable bonds is 11. The average molecular weight is 830 g/mol. The van der Waals surface area contributed by atoms with Gasteiger partial charge in [0.25, 0.3) is 5.67 Å². The highest BCUT2D eigenvalue weighted by atomic mass is 19.1. The molecule has 3 saturated heterocycles. The fourth-order valence-corrected chi connectivity index (χ4v) is 9.43. The summed E-state index contributed by atoms with van der Waals surface area (Å²) in [5, 5.41) is 11.4. The molecule has 1 amide bonds. The average Bonchev–Trinajstić information content (AvgIpc) is 3.78. The molecule has 13 atom stereocenters. The number of likely N-dealkylation sites (N-methyl/N-ethyl adjacent to an activating group) is 1. The lowest BCUT2D eigenvalue weighted by atomic mass is 9.73. The number of Topliss-reactive ketones (excluding diaryl/α,β-unsaturated/α-hetero) is 2. The molecule has 0 bridgehead atoms. The number of unbranched alkanes of at least 4 members (excludes halogenated alkanes) is 1. The Balaban J connectivity index is 1.46. The van der Waals surface area contributed by atoms with Gasteiger partial charge >= 0.3 is 12.1 Å². The van der Waals surface area contributed by atoms with Gasteiger partial charge in [0.05, 0.1) is 35.9 Å². The molecule has 3 aliphatic rings. The number of carbonyl (C=O) groups excluding carboxylic acids is 4. The molecule has 5 rings (SSSR count). The van der Waals surface area contributed by atoms with Crippen LogP contribution in [0.5, 0.6) is 0 Å². The number of ketones is 2. The quantitative estimate of drug-likeness (QED) is 0.182. The number of fused-ring (bicyclic) bond motifs is 1. The van der Waals surface area contributed by atoms with Crippen molar-refractivity contribution in [1.82, 2.24) is 24.3 Å². The Morgan fingerprint density at radius 3 is 2.37 bits per heavy atom. The molecule has 0 aromatic carbocycles. The Morgan fingerprint density at radius 1 is 1.05 bits per heavy atom. The van der Waals surface area contributed by atoms with Gasteiger partial charge < -0.3 is 43.2 Å². The number of carbonyl (C=O) groups is 4. The highest BCUT2D eigenvalue weighted by Gasteiger charge is 2.61. The number of cyclic esters (lactones) is 1. The van der Waals surface area contributed by atoms with E-state index in [1.165, 1.54) is 18.9 Å². The van der Waals surface area contributed by atoms with Crippen molar-refractivity contribution in [1.29, 1.82) is 0 Å². The van der Waals surface area contributed by atoms with Crippen LogP contribution in [0.15, 0.2) is 37.1 Å². The molecular weight excluding hydrogens is 765 g/mol. The highest BCUT2D eigenvalue weighted by Crippen LogP contribution is 2.43. The van der Waals surface area contributed by atoms with Crippen LogP contribution < -0.4 is 0 Å². The normalized spacial score (nSPS) is 37.6. The monoisotopic (exact) mass is 829 g/mol. The van der Waals surface area contributed by atoms with Crippen LogP contribution in [0.1, 0.15) is 87.5 Å². The van der Waals surface area contributed by atoms with Crippen LogP contribution in [-0.2, 0) is 44.6 Å². The number of nitrogens with zero attached hydrogens (tertiary/aromatic N) is 5. The Hall–Kier alpha value is -3.83. The van der Waals surface area contributed by atoms with Gasteiger partial charge in [0, 0.05) is 68.1 Å². The van der Waals surface area contributed by atoms with Crippen LogP contribution in [0, 0.1) is 17.8 Å². The predicted octanol–water partition coefficient (Wildman–Crippen LogP) is 5.02. The Morgan fingerprint density at radius 2 is 1.75 bits per heavy atom. The van der Waals surface area contributed by atoms with E-state index >= 15 is 4.39 Å².